The van der Waals surface area contributed by atoms with Gasteiger partial charge >= 0.3 is 6.18 Å². The highest BCUT2D eigenvalue weighted by atomic mass is 35.5. The number of halogens is 6. The Morgan fingerprint density at radius 3 is 2.52 bits per heavy atom. The van der Waals surface area contributed by atoms with Crippen LogP contribution in [0.3, 0.4) is 0 Å². The number of alkyl halides is 5. The summed E-state index contributed by atoms with van der Waals surface area (Å²) in [7, 11) is 0. The zero-order valence-electron chi connectivity index (χ0n) is 16.1. The van der Waals surface area contributed by atoms with Crippen molar-refractivity contribution in [1.82, 2.24) is 14.7 Å². The van der Waals surface area contributed by atoms with Crippen LogP contribution in [0, 0.1) is 6.92 Å². The van der Waals surface area contributed by atoms with Gasteiger partial charge in [0.25, 0.3) is 17.4 Å². The number of hydrogen-bond donors (Lipinski definition) is 1. The maximum absolute atomic E-state index is 13.0. The molecule has 0 bridgehead atoms. The average Bonchev–Trinajstić information content (AvgIpc) is 2.96. The lowest BCUT2D eigenvalue weighted by atomic mass is 10.1. The van der Waals surface area contributed by atoms with Gasteiger partial charge in [-0.25, -0.2) is 18.2 Å². The molecule has 3 rings (SSSR count). The number of benzene rings is 1. The molecule has 31 heavy (non-hydrogen) atoms. The standard InChI is InChI=1S/C19H15ClF5N3O2S/c1-9-15(16(30)26-8-18(2,21)22)28-14(29)7-12(27-17(28)31-9)6-10-5-11(19(23,24)25)3-4-13(10)20/h3-5,7H,6,8H2,1-2H3,(H,26,30). The average molecular weight is 480 g/mol. The second-order valence-corrected chi connectivity index (χ2v) is 8.53. The summed E-state index contributed by atoms with van der Waals surface area (Å²) in [4.78, 5) is 29.7. The molecule has 0 atom stereocenters. The van der Waals surface area contributed by atoms with Crippen molar-refractivity contribution in [2.75, 3.05) is 6.54 Å². The van der Waals surface area contributed by atoms with Crippen LogP contribution in [-0.4, -0.2) is 27.8 Å². The van der Waals surface area contributed by atoms with Crippen molar-refractivity contribution in [3.8, 4) is 0 Å². The van der Waals surface area contributed by atoms with Gasteiger partial charge < -0.3 is 5.32 Å². The van der Waals surface area contributed by atoms with E-state index < -0.39 is 35.7 Å². The molecule has 3 aromatic rings. The molecule has 0 saturated heterocycles. The summed E-state index contributed by atoms with van der Waals surface area (Å²) in [5.41, 5.74) is -1.39. The molecule has 1 aromatic carbocycles. The Bertz CT molecular complexity index is 1210. The van der Waals surface area contributed by atoms with Crippen LogP contribution in [0.15, 0.2) is 29.1 Å². The SMILES string of the molecule is Cc1sc2nc(Cc3cc(C(F)(F)F)ccc3Cl)cc(=O)n2c1C(=O)NCC(C)(F)F. The van der Waals surface area contributed by atoms with Crippen LogP contribution < -0.4 is 10.9 Å². The molecule has 0 aliphatic heterocycles. The minimum absolute atomic E-state index is 0.0814. The molecule has 5 nitrogen and oxygen atoms in total. The Balaban J connectivity index is 1.98. The van der Waals surface area contributed by atoms with E-state index in [1.807, 2.05) is 0 Å². The number of carbonyl (C=O) groups excluding carboxylic acids is 1. The monoisotopic (exact) mass is 479 g/mol. The van der Waals surface area contributed by atoms with Crippen molar-refractivity contribution in [1.29, 1.82) is 0 Å². The highest BCUT2D eigenvalue weighted by molar-refractivity contribution is 7.17. The van der Waals surface area contributed by atoms with E-state index in [2.05, 4.69) is 10.3 Å². The minimum Gasteiger partial charge on any atom is -0.345 e. The van der Waals surface area contributed by atoms with Gasteiger partial charge in [0.2, 0.25) is 0 Å². The molecule has 166 valence electrons. The van der Waals surface area contributed by atoms with E-state index in [-0.39, 0.29) is 33.4 Å². The van der Waals surface area contributed by atoms with Crippen LogP contribution in [0.4, 0.5) is 22.0 Å². The van der Waals surface area contributed by atoms with Crippen molar-refractivity contribution in [3.05, 3.63) is 67.0 Å². The van der Waals surface area contributed by atoms with Crippen LogP contribution >= 0.6 is 22.9 Å². The number of aryl methyl sites for hydroxylation is 1. The van der Waals surface area contributed by atoms with E-state index in [0.717, 1.165) is 40.0 Å². The summed E-state index contributed by atoms with van der Waals surface area (Å²) in [5.74, 6) is -3.99. The number of hydrogen-bond acceptors (Lipinski definition) is 4. The Hall–Kier alpha value is -2.53. The smallest absolute Gasteiger partial charge is 0.345 e. The second-order valence-electron chi connectivity index (χ2n) is 6.94. The molecule has 0 aliphatic carbocycles. The van der Waals surface area contributed by atoms with Crippen molar-refractivity contribution in [2.24, 2.45) is 0 Å². The van der Waals surface area contributed by atoms with Gasteiger partial charge in [0.15, 0.2) is 4.96 Å². The van der Waals surface area contributed by atoms with Crippen LogP contribution in [0.5, 0.6) is 0 Å². The third kappa shape index (κ3) is 5.21. The lowest BCUT2D eigenvalue weighted by Crippen LogP contribution is -2.36. The molecule has 0 spiro atoms. The molecular weight excluding hydrogens is 465 g/mol. The third-order valence-electron chi connectivity index (χ3n) is 4.26. The zero-order valence-corrected chi connectivity index (χ0v) is 17.7. The summed E-state index contributed by atoms with van der Waals surface area (Å²) in [6, 6.07) is 3.92. The highest BCUT2D eigenvalue weighted by Gasteiger charge is 2.31. The van der Waals surface area contributed by atoms with Gasteiger partial charge in [-0.1, -0.05) is 11.6 Å². The number of carbonyl (C=O) groups is 1. The summed E-state index contributed by atoms with van der Waals surface area (Å²) >= 11 is 6.99. The van der Waals surface area contributed by atoms with Gasteiger partial charge in [-0.15, -0.1) is 11.3 Å². The fourth-order valence-corrected chi connectivity index (χ4v) is 4.05. The van der Waals surface area contributed by atoms with Crippen molar-refractivity contribution in [2.45, 2.75) is 32.4 Å². The number of amides is 1. The lowest BCUT2D eigenvalue weighted by Gasteiger charge is -2.12. The normalized spacial score (nSPS) is 12.4. The Morgan fingerprint density at radius 2 is 1.90 bits per heavy atom. The highest BCUT2D eigenvalue weighted by Crippen LogP contribution is 2.32. The zero-order chi connectivity index (χ0) is 23.1. The van der Waals surface area contributed by atoms with E-state index in [1.54, 1.807) is 0 Å². The first-order chi connectivity index (χ1) is 14.3. The Kier molecular flexibility index (Phi) is 6.12. The molecule has 12 heteroatoms. The maximum atomic E-state index is 13.0. The topological polar surface area (TPSA) is 63.5 Å². The molecule has 0 aliphatic rings. The molecule has 2 aromatic heterocycles. The Labute approximate surface area is 181 Å². The van der Waals surface area contributed by atoms with Crippen LogP contribution in [-0.2, 0) is 12.6 Å². The number of aromatic nitrogens is 2. The van der Waals surface area contributed by atoms with Gasteiger partial charge in [-0.05, 0) is 30.7 Å². The van der Waals surface area contributed by atoms with Gasteiger partial charge in [0.1, 0.15) is 5.69 Å². The van der Waals surface area contributed by atoms with E-state index in [4.69, 9.17) is 11.6 Å². The molecule has 0 saturated carbocycles. The fraction of sp³-hybridized carbons (Fsp3) is 0.316. The van der Waals surface area contributed by atoms with Crippen molar-refractivity contribution < 1.29 is 26.7 Å². The molecular formula is C19H15ClF5N3O2S. The van der Waals surface area contributed by atoms with E-state index in [0.29, 0.717) is 11.8 Å². The predicted octanol–water partition coefficient (Wildman–Crippen LogP) is 4.71. The summed E-state index contributed by atoms with van der Waals surface area (Å²) in [6.45, 7) is 1.27. The van der Waals surface area contributed by atoms with E-state index in [1.165, 1.54) is 6.92 Å². The molecule has 1 amide bonds. The molecule has 0 radical (unpaired) electrons. The molecule has 2 heterocycles. The van der Waals surface area contributed by atoms with E-state index in [9.17, 15) is 31.5 Å². The number of nitrogens with one attached hydrogen (secondary N) is 1. The second kappa shape index (κ2) is 8.19. The quantitative estimate of drug-likeness (QED) is 0.539. The van der Waals surface area contributed by atoms with Crippen molar-refractivity contribution in [3.63, 3.8) is 0 Å². The van der Waals surface area contributed by atoms with Gasteiger partial charge in [-0.2, -0.15) is 13.2 Å². The number of rotatable bonds is 5. The summed E-state index contributed by atoms with van der Waals surface area (Å²) in [5, 5.41) is 2.16. The Morgan fingerprint density at radius 1 is 1.23 bits per heavy atom. The summed E-state index contributed by atoms with van der Waals surface area (Å²) in [6.07, 6.45) is -4.70. The largest absolute Gasteiger partial charge is 0.416 e. The minimum atomic E-state index is -4.56. The number of thiazole rings is 1. The number of nitrogens with zero attached hydrogens (tertiary/aromatic N) is 2. The van der Waals surface area contributed by atoms with E-state index >= 15 is 0 Å². The first kappa shape index (κ1) is 23.1. The third-order valence-corrected chi connectivity index (χ3v) is 5.59. The van der Waals surface area contributed by atoms with Crippen LogP contribution in [0.1, 0.15) is 39.1 Å². The summed E-state index contributed by atoms with van der Waals surface area (Å²) < 4.78 is 66.0. The van der Waals surface area contributed by atoms with Gasteiger partial charge in [-0.3, -0.25) is 9.59 Å². The lowest BCUT2D eigenvalue weighted by molar-refractivity contribution is -0.137. The molecule has 0 unspecified atom stereocenters. The van der Waals surface area contributed by atoms with Crippen LogP contribution in [0.25, 0.3) is 4.96 Å². The van der Waals surface area contributed by atoms with Gasteiger partial charge in [0.05, 0.1) is 17.8 Å². The van der Waals surface area contributed by atoms with Crippen molar-refractivity contribution >= 4 is 33.8 Å². The first-order valence-corrected chi connectivity index (χ1v) is 9.99. The molecule has 1 N–H and O–H groups in total. The van der Waals surface area contributed by atoms with Crippen LogP contribution in [0.2, 0.25) is 5.02 Å². The van der Waals surface area contributed by atoms with Gasteiger partial charge in [0, 0.05) is 29.3 Å². The predicted molar refractivity (Wildman–Crippen MR) is 106 cm³/mol. The molecule has 0 fully saturated rings. The first-order valence-electron chi connectivity index (χ1n) is 8.80. The maximum Gasteiger partial charge on any atom is 0.416 e. The number of fused-ring (bicyclic) bond motifs is 1. The fourth-order valence-electron chi connectivity index (χ4n) is 2.88.